The smallest absolute Gasteiger partial charge is 0.247 e. The number of rotatable bonds is 5. The van der Waals surface area contributed by atoms with Gasteiger partial charge in [-0.15, -0.1) is 0 Å². The van der Waals surface area contributed by atoms with E-state index in [0.29, 0.717) is 0 Å². The van der Waals surface area contributed by atoms with Crippen LogP contribution in [0.2, 0.25) is 0 Å². The van der Waals surface area contributed by atoms with Crippen LogP contribution >= 0.6 is 0 Å². The number of hydrogen-bond donors (Lipinski definition) is 2. The molecule has 2 atom stereocenters. The van der Waals surface area contributed by atoms with Gasteiger partial charge in [0.15, 0.2) is 0 Å². The summed E-state index contributed by atoms with van der Waals surface area (Å²) < 4.78 is 5.23. The van der Waals surface area contributed by atoms with Crippen molar-refractivity contribution >= 4 is 23.0 Å². The summed E-state index contributed by atoms with van der Waals surface area (Å²) in [4.78, 5) is 25.1. The first-order valence-electron chi connectivity index (χ1n) is 16.2. The van der Waals surface area contributed by atoms with Crippen molar-refractivity contribution in [3.8, 4) is 5.75 Å². The van der Waals surface area contributed by atoms with Gasteiger partial charge in [0.05, 0.1) is 18.2 Å². The molecule has 242 valence electrons. The number of carbonyl (C=O) groups excluding carboxylic acids is 2. The fourth-order valence-electron chi connectivity index (χ4n) is 6.40. The van der Waals surface area contributed by atoms with Crippen molar-refractivity contribution in [1.29, 1.82) is 0 Å². The van der Waals surface area contributed by atoms with E-state index in [-0.39, 0.29) is 17.4 Å². The molecule has 2 heterocycles. The molecule has 0 radical (unpaired) electrons. The molecular weight excluding hydrogens is 580 g/mol. The van der Waals surface area contributed by atoms with Crippen LogP contribution in [-0.2, 0) is 20.7 Å². The zero-order valence-electron chi connectivity index (χ0n) is 28.9. The molecule has 0 saturated carbocycles. The molecule has 6 rings (SSSR count). The van der Waals surface area contributed by atoms with Crippen LogP contribution < -0.4 is 15.4 Å². The van der Waals surface area contributed by atoms with Crippen LogP contribution in [0.15, 0.2) is 108 Å². The Hall–Kier alpha value is -4.90. The van der Waals surface area contributed by atoms with Crippen molar-refractivity contribution in [3.05, 3.63) is 147 Å². The third-order valence-electron chi connectivity index (χ3n) is 9.64. The molecular formula is C42H46N2O3. The van der Waals surface area contributed by atoms with Crippen LogP contribution in [0.5, 0.6) is 5.75 Å². The number of aryl methyl sites for hydroxylation is 3. The number of hydrogen-bond acceptors (Lipinski definition) is 3. The van der Waals surface area contributed by atoms with Crippen LogP contribution in [0.25, 0.3) is 11.1 Å². The highest BCUT2D eigenvalue weighted by molar-refractivity contribution is 6.04. The molecule has 0 bridgehead atoms. The molecule has 2 unspecified atom stereocenters. The lowest BCUT2D eigenvalue weighted by molar-refractivity contribution is -0.120. The maximum Gasteiger partial charge on any atom is 0.247 e. The summed E-state index contributed by atoms with van der Waals surface area (Å²) in [7, 11) is 1.65. The van der Waals surface area contributed by atoms with Crippen molar-refractivity contribution in [1.82, 2.24) is 10.6 Å². The standard InChI is InChI=1S/C21H23NO2.C21H23NO/c1-14-5-9-17(10-6-14)21(3)13-19(15(2)20(23)22-21)16-7-11-18(24-4)12-8-16;1-14-5-9-17(10-6-14)19-13-21(4,22-20(23)16(19)3)18-11-7-15(2)8-12-18/h5-12H,13H2,1-4H3,(H,22,23);5-12H,13H2,1-4H3,(H,22,23). The van der Waals surface area contributed by atoms with Gasteiger partial charge in [0.1, 0.15) is 5.75 Å². The van der Waals surface area contributed by atoms with Crippen molar-refractivity contribution in [3.63, 3.8) is 0 Å². The number of amides is 2. The molecule has 0 aliphatic carbocycles. The zero-order chi connectivity index (χ0) is 33.9. The fraction of sp³-hybridized carbons (Fsp3) is 0.286. The molecule has 47 heavy (non-hydrogen) atoms. The molecule has 0 aromatic heterocycles. The fourth-order valence-corrected chi connectivity index (χ4v) is 6.40. The molecule has 0 fully saturated rings. The van der Waals surface area contributed by atoms with E-state index in [1.165, 1.54) is 16.7 Å². The number of methoxy groups -OCH3 is 1. The normalized spacial score (nSPS) is 21.0. The summed E-state index contributed by atoms with van der Waals surface area (Å²) in [5, 5.41) is 6.37. The van der Waals surface area contributed by atoms with E-state index in [2.05, 4.69) is 118 Å². The van der Waals surface area contributed by atoms with Crippen molar-refractivity contribution in [2.24, 2.45) is 0 Å². The molecule has 5 heteroatoms. The summed E-state index contributed by atoms with van der Waals surface area (Å²) in [6, 6.07) is 33.1. The lowest BCUT2D eigenvalue weighted by atomic mass is 9.78. The Labute approximate surface area is 279 Å². The molecule has 4 aromatic carbocycles. The van der Waals surface area contributed by atoms with Crippen LogP contribution in [0.3, 0.4) is 0 Å². The van der Waals surface area contributed by atoms with E-state index in [1.54, 1.807) is 7.11 Å². The average molecular weight is 627 g/mol. The van der Waals surface area contributed by atoms with Crippen LogP contribution in [0.4, 0.5) is 0 Å². The third kappa shape index (κ3) is 7.25. The van der Waals surface area contributed by atoms with E-state index in [4.69, 9.17) is 4.74 Å². The lowest BCUT2D eigenvalue weighted by Gasteiger charge is -2.37. The summed E-state index contributed by atoms with van der Waals surface area (Å²) in [5.41, 5.74) is 11.2. The first-order chi connectivity index (χ1) is 22.3. The highest BCUT2D eigenvalue weighted by atomic mass is 16.5. The lowest BCUT2D eigenvalue weighted by Crippen LogP contribution is -2.47. The SMILES string of the molecule is CC1=C(c2ccc(C)cc2)CC(C)(c2ccc(C)cc2)NC1=O.COc1ccc(C2=C(C)C(=O)NC(C)(c3ccc(C)cc3)C2)cc1. The van der Waals surface area contributed by atoms with Gasteiger partial charge in [-0.05, 0) is 94.0 Å². The topological polar surface area (TPSA) is 67.4 Å². The highest BCUT2D eigenvalue weighted by Crippen LogP contribution is 2.40. The molecule has 2 N–H and O–H groups in total. The number of ether oxygens (including phenoxy) is 1. The van der Waals surface area contributed by atoms with E-state index in [9.17, 15) is 9.59 Å². The minimum absolute atomic E-state index is 0.00450. The van der Waals surface area contributed by atoms with Crippen molar-refractivity contribution in [2.75, 3.05) is 7.11 Å². The van der Waals surface area contributed by atoms with E-state index >= 15 is 0 Å². The average Bonchev–Trinajstić information content (AvgIpc) is 3.06. The van der Waals surface area contributed by atoms with Gasteiger partial charge in [-0.25, -0.2) is 0 Å². The van der Waals surface area contributed by atoms with Gasteiger partial charge < -0.3 is 15.4 Å². The highest BCUT2D eigenvalue weighted by Gasteiger charge is 2.37. The molecule has 2 amide bonds. The molecule has 0 spiro atoms. The van der Waals surface area contributed by atoms with E-state index in [1.807, 2.05) is 38.1 Å². The minimum atomic E-state index is -0.403. The maximum atomic E-state index is 12.6. The Morgan fingerprint density at radius 2 is 0.830 bits per heavy atom. The quantitative estimate of drug-likeness (QED) is 0.233. The van der Waals surface area contributed by atoms with E-state index < -0.39 is 5.54 Å². The van der Waals surface area contributed by atoms with Gasteiger partial charge in [-0.2, -0.15) is 0 Å². The molecule has 5 nitrogen and oxygen atoms in total. The van der Waals surface area contributed by atoms with Gasteiger partial charge in [0, 0.05) is 24.0 Å². The summed E-state index contributed by atoms with van der Waals surface area (Å²) in [6.45, 7) is 14.2. The molecule has 4 aromatic rings. The number of benzene rings is 4. The van der Waals surface area contributed by atoms with Crippen molar-refractivity contribution in [2.45, 2.75) is 72.4 Å². The minimum Gasteiger partial charge on any atom is -0.497 e. The van der Waals surface area contributed by atoms with Gasteiger partial charge >= 0.3 is 0 Å². The number of carbonyl (C=O) groups is 2. The largest absolute Gasteiger partial charge is 0.497 e. The first-order valence-corrected chi connectivity index (χ1v) is 16.2. The number of nitrogens with one attached hydrogen (secondary N) is 2. The third-order valence-corrected chi connectivity index (χ3v) is 9.64. The van der Waals surface area contributed by atoms with Gasteiger partial charge in [-0.3, -0.25) is 9.59 Å². The second kappa shape index (κ2) is 13.4. The predicted molar refractivity (Wildman–Crippen MR) is 192 cm³/mol. The zero-order valence-corrected chi connectivity index (χ0v) is 28.9. The van der Waals surface area contributed by atoms with Crippen molar-refractivity contribution < 1.29 is 14.3 Å². The molecule has 2 aliphatic heterocycles. The Kier molecular flexibility index (Phi) is 9.58. The molecule has 2 aliphatic rings. The Balaban J connectivity index is 0.000000185. The maximum absolute atomic E-state index is 12.6. The van der Waals surface area contributed by atoms with Crippen LogP contribution in [0, 0.1) is 20.8 Å². The summed E-state index contributed by atoms with van der Waals surface area (Å²) >= 11 is 0. The van der Waals surface area contributed by atoms with Gasteiger partial charge in [0.25, 0.3) is 0 Å². The second-order valence-electron chi connectivity index (χ2n) is 13.5. The predicted octanol–water partition coefficient (Wildman–Crippen LogP) is 8.72. The first kappa shape index (κ1) is 33.5. The summed E-state index contributed by atoms with van der Waals surface area (Å²) in [5.74, 6) is 0.837. The monoisotopic (exact) mass is 626 g/mol. The Bertz CT molecular complexity index is 1830. The van der Waals surface area contributed by atoms with E-state index in [0.717, 1.165) is 63.1 Å². The van der Waals surface area contributed by atoms with Crippen LogP contribution in [0.1, 0.15) is 79.5 Å². The van der Waals surface area contributed by atoms with Gasteiger partial charge in [0.2, 0.25) is 11.8 Å². The van der Waals surface area contributed by atoms with Crippen LogP contribution in [-0.4, -0.2) is 18.9 Å². The van der Waals surface area contributed by atoms with Gasteiger partial charge in [-0.1, -0.05) is 102 Å². The second-order valence-corrected chi connectivity index (χ2v) is 13.5. The molecule has 0 saturated heterocycles. The Morgan fingerprint density at radius 3 is 1.17 bits per heavy atom. The summed E-state index contributed by atoms with van der Waals surface area (Å²) in [6.07, 6.45) is 1.57. The Morgan fingerprint density at radius 1 is 0.511 bits per heavy atom.